The topological polar surface area (TPSA) is 118 Å². The van der Waals surface area contributed by atoms with Crippen molar-refractivity contribution in [3.63, 3.8) is 0 Å². The minimum absolute atomic E-state index is 0.0841. The summed E-state index contributed by atoms with van der Waals surface area (Å²) in [7, 11) is -3.96. The van der Waals surface area contributed by atoms with Crippen LogP contribution in [0.4, 0.5) is 0 Å². The molecule has 2 amide bonds. The largest absolute Gasteiger partial charge is 0.364 e. The standard InChI is InChI=1S/C34H39N3O4S/c1-26(2)34(25-35,42(40,41)29-19-10-5-11-20-29)23-13-12-22-31(38)37(24-14-21-30(37)33(36)39)32(27-15-6-3-7-16-27)28-17-8-4-9-18-28/h3-11,15-20,26,30,32H,12-14,21-24H2,1-2H3,(H-,36,39)/p+1/t30?,34?,37-/m1/s1. The van der Waals surface area contributed by atoms with Crippen molar-refractivity contribution < 1.29 is 22.5 Å². The number of carbonyl (C=O) groups excluding carboxylic acids is 2. The lowest BCUT2D eigenvalue weighted by molar-refractivity contribution is -0.882. The Morgan fingerprint density at radius 1 is 0.929 bits per heavy atom. The van der Waals surface area contributed by atoms with Crippen molar-refractivity contribution in [3.05, 3.63) is 102 Å². The van der Waals surface area contributed by atoms with Crippen molar-refractivity contribution in [2.75, 3.05) is 6.54 Å². The number of likely N-dealkylation sites (tertiary alicyclic amines) is 1. The highest BCUT2D eigenvalue weighted by Crippen LogP contribution is 2.44. The summed E-state index contributed by atoms with van der Waals surface area (Å²) < 4.78 is 25.7. The molecular formula is C34H40N3O4S+. The number of benzene rings is 3. The second kappa shape index (κ2) is 13.0. The number of primary amides is 1. The Labute approximate surface area is 249 Å². The minimum atomic E-state index is -3.96. The Morgan fingerprint density at radius 3 is 1.93 bits per heavy atom. The first-order chi connectivity index (χ1) is 20.1. The van der Waals surface area contributed by atoms with E-state index in [0.29, 0.717) is 32.2 Å². The summed E-state index contributed by atoms with van der Waals surface area (Å²) in [5, 5.41) is 10.2. The Bertz CT molecular complexity index is 1480. The zero-order valence-electron chi connectivity index (χ0n) is 24.4. The second-order valence-electron chi connectivity index (χ2n) is 11.5. The number of hydrogen-bond donors (Lipinski definition) is 1. The predicted molar refractivity (Wildman–Crippen MR) is 162 cm³/mol. The van der Waals surface area contributed by atoms with Gasteiger partial charge in [0, 0.05) is 24.0 Å². The van der Waals surface area contributed by atoms with Gasteiger partial charge in [-0.3, -0.25) is 4.79 Å². The molecule has 3 aromatic carbocycles. The summed E-state index contributed by atoms with van der Waals surface area (Å²) in [6, 6.07) is 28.7. The van der Waals surface area contributed by atoms with Gasteiger partial charge in [0.15, 0.2) is 20.6 Å². The third-order valence-corrected chi connectivity index (χ3v) is 11.5. The zero-order valence-corrected chi connectivity index (χ0v) is 25.2. The molecule has 0 spiro atoms. The van der Waals surface area contributed by atoms with Crippen molar-refractivity contribution in [1.82, 2.24) is 0 Å². The summed E-state index contributed by atoms with van der Waals surface area (Å²) in [5.41, 5.74) is 7.83. The zero-order chi connectivity index (χ0) is 30.4. The van der Waals surface area contributed by atoms with Gasteiger partial charge >= 0.3 is 5.91 Å². The van der Waals surface area contributed by atoms with Crippen LogP contribution in [0.25, 0.3) is 0 Å². The maximum absolute atomic E-state index is 14.4. The molecule has 42 heavy (non-hydrogen) atoms. The molecule has 8 heteroatoms. The van der Waals surface area contributed by atoms with Crippen LogP contribution in [0, 0.1) is 17.2 Å². The summed E-state index contributed by atoms with van der Waals surface area (Å²) in [4.78, 5) is 27.4. The molecule has 1 aliphatic rings. The molecule has 1 aliphatic heterocycles. The Morgan fingerprint density at radius 2 is 1.45 bits per heavy atom. The first kappa shape index (κ1) is 31.1. The number of nitrogens with zero attached hydrogens (tertiary/aromatic N) is 2. The van der Waals surface area contributed by atoms with E-state index in [1.807, 2.05) is 60.7 Å². The Balaban J connectivity index is 1.64. The van der Waals surface area contributed by atoms with E-state index in [2.05, 4.69) is 6.07 Å². The normalized spacial score (nSPS) is 20.2. The van der Waals surface area contributed by atoms with Gasteiger partial charge in [0.1, 0.15) is 6.04 Å². The van der Waals surface area contributed by atoms with Gasteiger partial charge in [0.05, 0.1) is 23.9 Å². The summed E-state index contributed by atoms with van der Waals surface area (Å²) >= 11 is 0. The highest BCUT2D eigenvalue weighted by Gasteiger charge is 2.56. The van der Waals surface area contributed by atoms with Gasteiger partial charge in [-0.1, -0.05) is 99.1 Å². The summed E-state index contributed by atoms with van der Waals surface area (Å²) in [5.74, 6) is -1.04. The van der Waals surface area contributed by atoms with Gasteiger partial charge in [0.2, 0.25) is 0 Å². The van der Waals surface area contributed by atoms with Gasteiger partial charge < -0.3 is 5.73 Å². The molecule has 0 aliphatic carbocycles. The smallest absolute Gasteiger partial charge is 0.315 e. The van der Waals surface area contributed by atoms with Gasteiger partial charge in [-0.25, -0.2) is 17.7 Å². The van der Waals surface area contributed by atoms with E-state index in [1.165, 1.54) is 12.1 Å². The van der Waals surface area contributed by atoms with E-state index >= 15 is 0 Å². The van der Waals surface area contributed by atoms with Crippen LogP contribution >= 0.6 is 0 Å². The van der Waals surface area contributed by atoms with E-state index < -0.39 is 38.5 Å². The number of amides is 2. The molecule has 3 aromatic rings. The molecule has 1 saturated heterocycles. The van der Waals surface area contributed by atoms with E-state index in [-0.39, 0.29) is 28.1 Å². The molecule has 0 saturated carbocycles. The van der Waals surface area contributed by atoms with Crippen LogP contribution in [-0.4, -0.2) is 42.0 Å². The number of unbranched alkanes of at least 4 members (excludes halogenated alkanes) is 1. The highest BCUT2D eigenvalue weighted by atomic mass is 32.2. The molecule has 4 rings (SSSR count). The minimum Gasteiger partial charge on any atom is -0.364 e. The van der Waals surface area contributed by atoms with Crippen molar-refractivity contribution in [3.8, 4) is 6.07 Å². The van der Waals surface area contributed by atoms with Crippen molar-refractivity contribution in [2.45, 2.75) is 74.1 Å². The quantitative estimate of drug-likeness (QED) is 0.215. The first-order valence-electron chi connectivity index (χ1n) is 14.6. The van der Waals surface area contributed by atoms with Crippen molar-refractivity contribution in [2.24, 2.45) is 11.7 Å². The SMILES string of the molecule is CC(C)C(C#N)(CCCCC(=O)[N@@+]1(C(c2ccccc2)c2ccccc2)CCCC1C(N)=O)S(=O)(=O)c1ccccc1. The summed E-state index contributed by atoms with van der Waals surface area (Å²) in [6.45, 7) is 3.99. The lowest BCUT2D eigenvalue weighted by atomic mass is 9.89. The number of quaternary nitrogens is 1. The third kappa shape index (κ3) is 5.64. The molecule has 1 fully saturated rings. The average molecular weight is 587 g/mol. The van der Waals surface area contributed by atoms with Crippen LogP contribution in [0.1, 0.15) is 69.5 Å². The third-order valence-electron chi connectivity index (χ3n) is 8.89. The number of nitrogens with two attached hydrogens (primary N) is 1. The Kier molecular flexibility index (Phi) is 9.65. The fourth-order valence-corrected chi connectivity index (χ4v) is 8.80. The highest BCUT2D eigenvalue weighted by molar-refractivity contribution is 7.93. The number of sulfone groups is 1. The Hall–Kier alpha value is -3.80. The van der Waals surface area contributed by atoms with E-state index in [1.54, 1.807) is 32.0 Å². The van der Waals surface area contributed by atoms with Gasteiger partial charge in [-0.15, -0.1) is 0 Å². The molecule has 7 nitrogen and oxygen atoms in total. The van der Waals surface area contributed by atoms with E-state index in [0.717, 1.165) is 11.1 Å². The molecule has 0 radical (unpaired) electrons. The fourth-order valence-electron chi connectivity index (χ4n) is 6.71. The molecule has 220 valence electrons. The number of nitriles is 1. The monoisotopic (exact) mass is 586 g/mol. The van der Waals surface area contributed by atoms with Crippen LogP contribution < -0.4 is 5.73 Å². The van der Waals surface area contributed by atoms with Gasteiger partial charge in [-0.05, 0) is 30.9 Å². The molecule has 2 N–H and O–H groups in total. The van der Waals surface area contributed by atoms with E-state index in [4.69, 9.17) is 5.73 Å². The maximum atomic E-state index is 14.4. The second-order valence-corrected chi connectivity index (χ2v) is 13.7. The maximum Gasteiger partial charge on any atom is 0.315 e. The average Bonchev–Trinajstić information content (AvgIpc) is 3.45. The van der Waals surface area contributed by atoms with Crippen LogP contribution in [0.15, 0.2) is 95.9 Å². The van der Waals surface area contributed by atoms with Crippen LogP contribution in [-0.2, 0) is 19.4 Å². The predicted octanol–water partition coefficient (Wildman–Crippen LogP) is 5.72. The molecule has 0 aromatic heterocycles. The van der Waals surface area contributed by atoms with Crippen LogP contribution in [0.3, 0.4) is 0 Å². The fraction of sp³-hybridized carbons (Fsp3) is 0.382. The van der Waals surface area contributed by atoms with Crippen molar-refractivity contribution in [1.29, 1.82) is 5.26 Å². The lowest BCUT2D eigenvalue weighted by Gasteiger charge is -2.43. The van der Waals surface area contributed by atoms with E-state index in [9.17, 15) is 23.3 Å². The number of carbonyl (C=O) groups is 2. The van der Waals surface area contributed by atoms with Gasteiger partial charge in [0.25, 0.3) is 5.91 Å². The molecule has 3 atom stereocenters. The number of rotatable bonds is 12. The number of hydrogen-bond acceptors (Lipinski definition) is 5. The van der Waals surface area contributed by atoms with Gasteiger partial charge in [-0.2, -0.15) is 5.26 Å². The molecular weight excluding hydrogens is 546 g/mol. The first-order valence-corrected chi connectivity index (χ1v) is 16.1. The lowest BCUT2D eigenvalue weighted by Crippen LogP contribution is -2.62. The molecule has 1 heterocycles. The van der Waals surface area contributed by atoms with Crippen LogP contribution in [0.5, 0.6) is 0 Å². The summed E-state index contributed by atoms with van der Waals surface area (Å²) in [6.07, 6.45) is 2.22. The molecule has 0 bridgehead atoms. The van der Waals surface area contributed by atoms with Crippen LogP contribution in [0.2, 0.25) is 0 Å². The molecule has 2 unspecified atom stereocenters. The van der Waals surface area contributed by atoms with Crippen molar-refractivity contribution >= 4 is 21.7 Å².